The van der Waals surface area contributed by atoms with Crippen LogP contribution in [0.25, 0.3) is 10.9 Å². The zero-order chi connectivity index (χ0) is 21.7. The van der Waals surface area contributed by atoms with Gasteiger partial charge in [0, 0.05) is 31.9 Å². The van der Waals surface area contributed by atoms with Crippen molar-refractivity contribution in [2.45, 2.75) is 38.0 Å². The Hall–Kier alpha value is -2.43. The SMILES string of the molecule is CCO[C@@H]1CN(c2c(F)c(N)c3c(=O)c(C(=O)O)cn(C4CC4)c3c2F)C[C@@H]1NC.Cl. The summed E-state index contributed by atoms with van der Waals surface area (Å²) in [6, 6.07) is -0.293. The third-order valence-electron chi connectivity index (χ3n) is 5.87. The molecule has 1 aromatic heterocycles. The molecule has 0 amide bonds. The number of carbonyl (C=O) groups is 1. The predicted octanol–water partition coefficient (Wildman–Crippen LogP) is 2.13. The molecule has 170 valence electrons. The molecule has 11 heteroatoms. The number of carboxylic acids is 1. The van der Waals surface area contributed by atoms with Crippen LogP contribution in [0.5, 0.6) is 0 Å². The molecule has 1 saturated carbocycles. The van der Waals surface area contributed by atoms with Gasteiger partial charge in [-0.3, -0.25) is 4.79 Å². The molecule has 0 radical (unpaired) electrons. The van der Waals surface area contributed by atoms with Gasteiger partial charge in [0.15, 0.2) is 11.6 Å². The summed E-state index contributed by atoms with van der Waals surface area (Å²) in [6.07, 6.45) is 2.29. The van der Waals surface area contributed by atoms with Gasteiger partial charge in [-0.1, -0.05) is 0 Å². The molecule has 1 aliphatic carbocycles. The molecule has 8 nitrogen and oxygen atoms in total. The molecule has 0 bridgehead atoms. The van der Waals surface area contributed by atoms with Crippen molar-refractivity contribution in [3.8, 4) is 0 Å². The molecule has 0 spiro atoms. The molecule has 0 unspecified atom stereocenters. The first kappa shape index (κ1) is 23.2. The van der Waals surface area contributed by atoms with E-state index in [1.807, 2.05) is 6.92 Å². The van der Waals surface area contributed by atoms with Crippen LogP contribution in [0.4, 0.5) is 20.2 Å². The summed E-state index contributed by atoms with van der Waals surface area (Å²) < 4.78 is 38.2. The molecule has 2 fully saturated rings. The number of nitrogen functional groups attached to an aromatic ring is 1. The van der Waals surface area contributed by atoms with Crippen molar-refractivity contribution in [1.82, 2.24) is 9.88 Å². The molecule has 2 aliphatic rings. The van der Waals surface area contributed by atoms with Gasteiger partial charge in [0.25, 0.3) is 0 Å². The van der Waals surface area contributed by atoms with E-state index in [0.717, 1.165) is 6.20 Å². The first-order valence-electron chi connectivity index (χ1n) is 9.92. The maximum atomic E-state index is 15.8. The molecule has 1 aromatic carbocycles. The van der Waals surface area contributed by atoms with Crippen molar-refractivity contribution in [2.24, 2.45) is 0 Å². The van der Waals surface area contributed by atoms with Crippen LogP contribution in [-0.4, -0.2) is 54.5 Å². The second-order valence-electron chi connectivity index (χ2n) is 7.72. The number of benzene rings is 1. The van der Waals surface area contributed by atoms with Crippen LogP contribution < -0.4 is 21.4 Å². The number of likely N-dealkylation sites (N-methyl/N-ethyl adjacent to an activating group) is 1. The van der Waals surface area contributed by atoms with Crippen LogP contribution in [0.3, 0.4) is 0 Å². The van der Waals surface area contributed by atoms with Crippen LogP contribution in [0, 0.1) is 11.6 Å². The maximum Gasteiger partial charge on any atom is 0.341 e. The summed E-state index contributed by atoms with van der Waals surface area (Å²) in [5.41, 5.74) is 3.40. The van der Waals surface area contributed by atoms with Gasteiger partial charge in [-0.05, 0) is 26.8 Å². The number of hydrogen-bond acceptors (Lipinski definition) is 6. The fourth-order valence-electron chi connectivity index (χ4n) is 4.24. The Morgan fingerprint density at radius 2 is 2.00 bits per heavy atom. The molecule has 2 atom stereocenters. The number of rotatable bonds is 6. The summed E-state index contributed by atoms with van der Waals surface area (Å²) in [5, 5.41) is 12.0. The van der Waals surface area contributed by atoms with Crippen LogP contribution in [0.1, 0.15) is 36.2 Å². The van der Waals surface area contributed by atoms with E-state index in [-0.39, 0.29) is 48.3 Å². The Balaban J connectivity index is 0.00000272. The maximum absolute atomic E-state index is 15.8. The van der Waals surface area contributed by atoms with Crippen LogP contribution in [0.2, 0.25) is 0 Å². The Bertz CT molecular complexity index is 1090. The molecular formula is C20H25ClF2N4O4. The highest BCUT2D eigenvalue weighted by Gasteiger charge is 2.38. The molecule has 4 rings (SSSR count). The lowest BCUT2D eigenvalue weighted by atomic mass is 10.1. The lowest BCUT2D eigenvalue weighted by Crippen LogP contribution is -2.38. The number of nitrogens with two attached hydrogens (primary N) is 1. The second kappa shape index (κ2) is 8.60. The normalized spacial score (nSPS) is 20.8. The van der Waals surface area contributed by atoms with Crippen molar-refractivity contribution >= 4 is 40.7 Å². The Kier molecular flexibility index (Phi) is 6.45. The second-order valence-corrected chi connectivity index (χ2v) is 7.72. The van der Waals surface area contributed by atoms with Gasteiger partial charge in [-0.15, -0.1) is 12.4 Å². The number of carboxylic acid groups (broad SMARTS) is 1. The molecule has 2 aromatic rings. The number of aromatic nitrogens is 1. The van der Waals surface area contributed by atoms with E-state index in [4.69, 9.17) is 10.5 Å². The molecule has 1 saturated heterocycles. The Labute approximate surface area is 183 Å². The van der Waals surface area contributed by atoms with Gasteiger partial charge in [0.05, 0.1) is 28.7 Å². The highest BCUT2D eigenvalue weighted by molar-refractivity contribution is 5.99. The van der Waals surface area contributed by atoms with Gasteiger partial charge < -0.3 is 30.4 Å². The van der Waals surface area contributed by atoms with Crippen molar-refractivity contribution in [2.75, 3.05) is 37.4 Å². The first-order valence-corrected chi connectivity index (χ1v) is 9.92. The van der Waals surface area contributed by atoms with Gasteiger partial charge in [0.2, 0.25) is 5.43 Å². The first-order chi connectivity index (χ1) is 14.3. The zero-order valence-corrected chi connectivity index (χ0v) is 18.0. The van der Waals surface area contributed by atoms with Crippen LogP contribution in [0.15, 0.2) is 11.0 Å². The highest BCUT2D eigenvalue weighted by atomic mass is 35.5. The minimum atomic E-state index is -1.46. The lowest BCUT2D eigenvalue weighted by Gasteiger charge is -2.23. The number of pyridine rings is 1. The average Bonchev–Trinajstić information content (AvgIpc) is 3.47. The highest BCUT2D eigenvalue weighted by Crippen LogP contribution is 2.42. The molecular weight excluding hydrogens is 434 g/mol. The molecule has 4 N–H and O–H groups in total. The van der Waals surface area contributed by atoms with Gasteiger partial charge in [-0.25, -0.2) is 13.6 Å². The lowest BCUT2D eigenvalue weighted by molar-refractivity contribution is 0.0612. The van der Waals surface area contributed by atoms with Crippen molar-refractivity contribution in [3.05, 3.63) is 33.6 Å². The summed E-state index contributed by atoms with van der Waals surface area (Å²) in [4.78, 5) is 25.7. The zero-order valence-electron chi connectivity index (χ0n) is 17.2. The van der Waals surface area contributed by atoms with Gasteiger partial charge >= 0.3 is 5.97 Å². The van der Waals surface area contributed by atoms with Gasteiger partial charge in [0.1, 0.15) is 11.3 Å². The standard InChI is InChI=1S/C20H24F2N4O4.ClH/c1-3-30-12-8-25(7-11(12)24-2)18-14(21)16(23)13-17(15(18)22)26(9-4-5-9)6-10(19(13)27)20(28)29;/h6,9,11-12,24H,3-5,7-8,23H2,1-2H3,(H,28,29);1H/t11-,12+;/m0./s1. The summed E-state index contributed by atoms with van der Waals surface area (Å²) >= 11 is 0. The minimum Gasteiger partial charge on any atom is -0.477 e. The Morgan fingerprint density at radius 3 is 2.55 bits per heavy atom. The summed E-state index contributed by atoms with van der Waals surface area (Å²) in [7, 11) is 1.75. The number of anilines is 2. The van der Waals surface area contributed by atoms with Gasteiger partial charge in [-0.2, -0.15) is 0 Å². The quantitative estimate of drug-likeness (QED) is 0.569. The third kappa shape index (κ3) is 3.72. The van der Waals surface area contributed by atoms with E-state index in [9.17, 15) is 14.7 Å². The molecule has 2 heterocycles. The van der Waals surface area contributed by atoms with E-state index < -0.39 is 39.7 Å². The number of fused-ring (bicyclic) bond motifs is 1. The van der Waals surface area contributed by atoms with Crippen LogP contribution >= 0.6 is 12.4 Å². The summed E-state index contributed by atoms with van der Waals surface area (Å²) in [5.74, 6) is -3.44. The van der Waals surface area contributed by atoms with Crippen molar-refractivity contribution < 1.29 is 23.4 Å². The third-order valence-corrected chi connectivity index (χ3v) is 5.87. The number of nitrogens with zero attached hydrogens (tertiary/aromatic N) is 2. The van der Waals surface area contributed by atoms with E-state index in [2.05, 4.69) is 5.32 Å². The summed E-state index contributed by atoms with van der Waals surface area (Å²) in [6.45, 7) is 2.85. The number of ether oxygens (including phenoxy) is 1. The smallest absolute Gasteiger partial charge is 0.341 e. The van der Waals surface area contributed by atoms with Crippen molar-refractivity contribution in [1.29, 1.82) is 0 Å². The largest absolute Gasteiger partial charge is 0.477 e. The monoisotopic (exact) mass is 458 g/mol. The molecule has 1 aliphatic heterocycles. The van der Waals surface area contributed by atoms with Crippen LogP contribution in [-0.2, 0) is 4.74 Å². The predicted molar refractivity (Wildman–Crippen MR) is 115 cm³/mol. The fraction of sp³-hybridized carbons (Fsp3) is 0.500. The van der Waals surface area contributed by atoms with E-state index >= 15 is 8.78 Å². The van der Waals surface area contributed by atoms with E-state index in [0.29, 0.717) is 26.0 Å². The number of hydrogen-bond donors (Lipinski definition) is 3. The van der Waals surface area contributed by atoms with E-state index in [1.54, 1.807) is 7.05 Å². The Morgan fingerprint density at radius 1 is 1.32 bits per heavy atom. The van der Waals surface area contributed by atoms with Crippen molar-refractivity contribution in [3.63, 3.8) is 0 Å². The molecule has 31 heavy (non-hydrogen) atoms. The fourth-order valence-corrected chi connectivity index (χ4v) is 4.24. The van der Waals surface area contributed by atoms with E-state index in [1.165, 1.54) is 9.47 Å². The number of halogens is 3. The average molecular weight is 459 g/mol. The minimum absolute atomic E-state index is 0. The number of aromatic carboxylic acids is 1. The topological polar surface area (TPSA) is 110 Å². The number of nitrogens with one attached hydrogen (secondary N) is 1.